The lowest BCUT2D eigenvalue weighted by Gasteiger charge is -2.10. The van der Waals surface area contributed by atoms with Crippen molar-refractivity contribution in [2.75, 3.05) is 19.8 Å². The van der Waals surface area contributed by atoms with E-state index in [1.807, 2.05) is 0 Å². The van der Waals surface area contributed by atoms with Gasteiger partial charge in [-0.3, -0.25) is 4.79 Å². The van der Waals surface area contributed by atoms with Crippen molar-refractivity contribution < 1.29 is 28.5 Å². The number of ether oxygens (including phenoxy) is 3. The molecule has 0 aliphatic carbocycles. The SMILES string of the molecule is CCCCCCOc1c(O)c2cc(OCCCCC(=O)OCC)ccc2oc1=O. The quantitative estimate of drug-likeness (QED) is 0.296. The van der Waals surface area contributed by atoms with Crippen molar-refractivity contribution in [2.24, 2.45) is 0 Å². The summed E-state index contributed by atoms with van der Waals surface area (Å²) in [5.41, 5.74) is -0.432. The van der Waals surface area contributed by atoms with Crippen molar-refractivity contribution in [3.8, 4) is 17.2 Å². The molecule has 1 aromatic carbocycles. The Balaban J connectivity index is 1.96. The molecule has 0 unspecified atom stereocenters. The van der Waals surface area contributed by atoms with Gasteiger partial charge in [-0.1, -0.05) is 26.2 Å². The number of unbranched alkanes of at least 4 members (excludes halogenated alkanes) is 4. The highest BCUT2D eigenvalue weighted by atomic mass is 16.5. The number of benzene rings is 1. The molecule has 0 bridgehead atoms. The average Bonchev–Trinajstić information content (AvgIpc) is 2.70. The highest BCUT2D eigenvalue weighted by molar-refractivity contribution is 5.86. The van der Waals surface area contributed by atoms with Gasteiger partial charge in [-0.05, 0) is 44.4 Å². The molecule has 2 aromatic rings. The van der Waals surface area contributed by atoms with Crippen LogP contribution in [0.25, 0.3) is 11.0 Å². The van der Waals surface area contributed by atoms with Crippen LogP contribution in [0.1, 0.15) is 58.8 Å². The number of carbonyl (C=O) groups excluding carboxylic acids is 1. The molecule has 0 saturated carbocycles. The Morgan fingerprint density at radius 1 is 1.03 bits per heavy atom. The van der Waals surface area contributed by atoms with Crippen LogP contribution in [0.15, 0.2) is 27.4 Å². The molecule has 0 saturated heterocycles. The van der Waals surface area contributed by atoms with Gasteiger partial charge in [0.2, 0.25) is 5.75 Å². The van der Waals surface area contributed by atoms with Crippen molar-refractivity contribution >= 4 is 16.9 Å². The molecule has 0 spiro atoms. The highest BCUT2D eigenvalue weighted by Crippen LogP contribution is 2.33. The zero-order valence-corrected chi connectivity index (χ0v) is 17.2. The number of esters is 1. The Morgan fingerprint density at radius 3 is 2.55 bits per heavy atom. The minimum atomic E-state index is -0.696. The maximum Gasteiger partial charge on any atom is 0.383 e. The Morgan fingerprint density at radius 2 is 1.79 bits per heavy atom. The minimum absolute atomic E-state index is 0.166. The van der Waals surface area contributed by atoms with Crippen molar-refractivity contribution in [1.82, 2.24) is 0 Å². The summed E-state index contributed by atoms with van der Waals surface area (Å²) in [6.45, 7) is 5.05. The lowest BCUT2D eigenvalue weighted by molar-refractivity contribution is -0.143. The van der Waals surface area contributed by atoms with Gasteiger partial charge in [-0.25, -0.2) is 4.79 Å². The molecule has 0 atom stereocenters. The van der Waals surface area contributed by atoms with Crippen LogP contribution in [0.5, 0.6) is 17.2 Å². The molecule has 1 aromatic heterocycles. The standard InChI is InChI=1S/C22H30O7/c1-3-5-6-8-14-28-21-20(24)17-15-16(11-12-18(17)29-22(21)25)27-13-9-7-10-19(23)26-4-2/h11-12,15,24H,3-10,13-14H2,1-2H3. The molecule has 0 aliphatic heterocycles. The summed E-state index contributed by atoms with van der Waals surface area (Å²) in [5, 5.41) is 10.8. The second-order valence-corrected chi connectivity index (χ2v) is 6.74. The molecule has 7 nitrogen and oxygen atoms in total. The topological polar surface area (TPSA) is 95.2 Å². The molecule has 7 heteroatoms. The number of rotatable bonds is 13. The van der Waals surface area contributed by atoms with Gasteiger partial charge in [0.1, 0.15) is 11.3 Å². The molecule has 29 heavy (non-hydrogen) atoms. The largest absolute Gasteiger partial charge is 0.504 e. The molecule has 1 N–H and O–H groups in total. The second-order valence-electron chi connectivity index (χ2n) is 6.74. The molecule has 160 valence electrons. The van der Waals surface area contributed by atoms with Gasteiger partial charge in [-0.2, -0.15) is 0 Å². The van der Waals surface area contributed by atoms with E-state index in [2.05, 4.69) is 6.92 Å². The van der Waals surface area contributed by atoms with Crippen LogP contribution in [0.3, 0.4) is 0 Å². The number of carbonyl (C=O) groups is 1. The number of fused-ring (bicyclic) bond motifs is 1. The molecule has 2 rings (SSSR count). The number of hydrogen-bond donors (Lipinski definition) is 1. The lowest BCUT2D eigenvalue weighted by atomic mass is 10.2. The highest BCUT2D eigenvalue weighted by Gasteiger charge is 2.16. The van der Waals surface area contributed by atoms with Gasteiger partial charge in [-0.15, -0.1) is 0 Å². The Hall–Kier alpha value is -2.70. The van der Waals surface area contributed by atoms with Crippen LogP contribution in [-0.2, 0) is 9.53 Å². The monoisotopic (exact) mass is 406 g/mol. The van der Waals surface area contributed by atoms with Crippen LogP contribution in [-0.4, -0.2) is 30.9 Å². The Bertz CT molecular complexity index is 841. The molecule has 0 amide bonds. The summed E-state index contributed by atoms with van der Waals surface area (Å²) >= 11 is 0. The van der Waals surface area contributed by atoms with Gasteiger partial charge < -0.3 is 23.7 Å². The third-order valence-corrected chi connectivity index (χ3v) is 4.40. The first-order chi connectivity index (χ1) is 14.1. The van der Waals surface area contributed by atoms with E-state index < -0.39 is 5.63 Å². The summed E-state index contributed by atoms with van der Waals surface area (Å²) in [6, 6.07) is 4.86. The van der Waals surface area contributed by atoms with Gasteiger partial charge in [0.25, 0.3) is 0 Å². The summed E-state index contributed by atoms with van der Waals surface area (Å²) in [7, 11) is 0. The van der Waals surface area contributed by atoms with Crippen LogP contribution in [0.2, 0.25) is 0 Å². The van der Waals surface area contributed by atoms with E-state index in [4.69, 9.17) is 18.6 Å². The maximum atomic E-state index is 12.1. The first kappa shape index (κ1) is 22.6. The predicted octanol–water partition coefficient (Wildman–Crippen LogP) is 4.57. The van der Waals surface area contributed by atoms with Crippen LogP contribution >= 0.6 is 0 Å². The Kier molecular flexibility index (Phi) is 9.34. The van der Waals surface area contributed by atoms with Crippen molar-refractivity contribution in [3.63, 3.8) is 0 Å². The molecule has 0 aliphatic rings. The number of hydrogen-bond acceptors (Lipinski definition) is 7. The summed E-state index contributed by atoms with van der Waals surface area (Å²) in [6.07, 6.45) is 5.74. The molecule has 0 fully saturated rings. The van der Waals surface area contributed by atoms with Crippen molar-refractivity contribution in [2.45, 2.75) is 58.8 Å². The number of aromatic hydroxyl groups is 1. The molecule has 1 heterocycles. The van der Waals surface area contributed by atoms with Crippen LogP contribution in [0, 0.1) is 0 Å². The normalized spacial score (nSPS) is 10.8. The summed E-state index contributed by atoms with van der Waals surface area (Å²) < 4.78 is 21.3. The fourth-order valence-electron chi connectivity index (χ4n) is 2.86. The maximum absolute atomic E-state index is 12.1. The minimum Gasteiger partial charge on any atom is -0.504 e. The van der Waals surface area contributed by atoms with E-state index in [1.54, 1.807) is 25.1 Å². The van der Waals surface area contributed by atoms with Gasteiger partial charge >= 0.3 is 11.6 Å². The average molecular weight is 406 g/mol. The van der Waals surface area contributed by atoms with E-state index in [1.165, 1.54) is 0 Å². The van der Waals surface area contributed by atoms with Crippen molar-refractivity contribution in [1.29, 1.82) is 0 Å². The summed E-state index contributed by atoms with van der Waals surface area (Å²) in [4.78, 5) is 23.4. The fraction of sp³-hybridized carbons (Fsp3) is 0.545. The van der Waals surface area contributed by atoms with E-state index in [-0.39, 0.29) is 23.1 Å². The molecule has 0 radical (unpaired) electrons. The van der Waals surface area contributed by atoms with E-state index >= 15 is 0 Å². The van der Waals surface area contributed by atoms with E-state index in [9.17, 15) is 14.7 Å². The van der Waals surface area contributed by atoms with Crippen molar-refractivity contribution in [3.05, 3.63) is 28.6 Å². The van der Waals surface area contributed by atoms with Gasteiger partial charge in [0.05, 0.1) is 25.2 Å². The third-order valence-electron chi connectivity index (χ3n) is 4.40. The predicted molar refractivity (Wildman–Crippen MR) is 110 cm³/mol. The molecular formula is C22H30O7. The third kappa shape index (κ3) is 7.00. The fourth-order valence-corrected chi connectivity index (χ4v) is 2.86. The first-order valence-corrected chi connectivity index (χ1v) is 10.3. The zero-order valence-electron chi connectivity index (χ0n) is 17.2. The zero-order chi connectivity index (χ0) is 21.1. The summed E-state index contributed by atoms with van der Waals surface area (Å²) in [5.74, 6) is -0.0767. The van der Waals surface area contributed by atoms with E-state index in [0.29, 0.717) is 50.2 Å². The van der Waals surface area contributed by atoms with Crippen LogP contribution in [0.4, 0.5) is 0 Å². The smallest absolute Gasteiger partial charge is 0.383 e. The second kappa shape index (κ2) is 12.0. The first-order valence-electron chi connectivity index (χ1n) is 10.3. The Labute approximate surface area is 170 Å². The van der Waals surface area contributed by atoms with E-state index in [0.717, 1.165) is 25.7 Å². The van der Waals surface area contributed by atoms with Gasteiger partial charge in [0, 0.05) is 6.42 Å². The van der Waals surface area contributed by atoms with Gasteiger partial charge in [0.15, 0.2) is 5.75 Å². The van der Waals surface area contributed by atoms with Crippen LogP contribution < -0.4 is 15.1 Å². The lowest BCUT2D eigenvalue weighted by Crippen LogP contribution is -2.08. The molecular weight excluding hydrogens is 376 g/mol.